The van der Waals surface area contributed by atoms with Gasteiger partial charge in [-0.2, -0.15) is 0 Å². The van der Waals surface area contributed by atoms with E-state index in [-0.39, 0.29) is 0 Å². The molecule has 0 amide bonds. The van der Waals surface area contributed by atoms with Gasteiger partial charge >= 0.3 is 0 Å². The molecule has 0 radical (unpaired) electrons. The molecule has 0 bridgehead atoms. The largest absolute Gasteiger partial charge is 0.370 e. The molecule has 18 heavy (non-hydrogen) atoms. The monoisotopic (exact) mass is 246 g/mol. The summed E-state index contributed by atoms with van der Waals surface area (Å²) < 4.78 is 0. The second-order valence-electron chi connectivity index (χ2n) is 5.33. The highest BCUT2D eigenvalue weighted by atomic mass is 15.2. The molecule has 1 heterocycles. The number of likely N-dealkylation sites (N-methyl/N-ethyl adjacent to an activating group) is 1. The average Bonchev–Trinajstić information content (AvgIpc) is 2.65. The van der Waals surface area contributed by atoms with E-state index in [2.05, 4.69) is 48.3 Å². The lowest BCUT2D eigenvalue weighted by atomic mass is 10.1. The van der Waals surface area contributed by atoms with Gasteiger partial charge in [0.25, 0.3) is 0 Å². The van der Waals surface area contributed by atoms with Crippen molar-refractivity contribution < 1.29 is 0 Å². The van der Waals surface area contributed by atoms with E-state index in [1.165, 1.54) is 43.5 Å². The van der Waals surface area contributed by atoms with E-state index in [0.29, 0.717) is 6.04 Å². The van der Waals surface area contributed by atoms with Crippen LogP contribution in [0.25, 0.3) is 0 Å². The first kappa shape index (κ1) is 13.4. The predicted molar refractivity (Wildman–Crippen MR) is 79.3 cm³/mol. The van der Waals surface area contributed by atoms with Gasteiger partial charge in [-0.05, 0) is 44.9 Å². The van der Waals surface area contributed by atoms with E-state index in [0.717, 1.165) is 13.1 Å². The lowest BCUT2D eigenvalue weighted by Crippen LogP contribution is -2.41. The topological polar surface area (TPSA) is 15.3 Å². The number of nitrogens with one attached hydrogen (secondary N) is 1. The highest BCUT2D eigenvalue weighted by Gasteiger charge is 2.15. The van der Waals surface area contributed by atoms with Crippen LogP contribution in [0.2, 0.25) is 0 Å². The summed E-state index contributed by atoms with van der Waals surface area (Å²) in [5, 5.41) is 3.69. The fraction of sp³-hybridized carbons (Fsp3) is 0.625. The number of para-hydroxylation sites is 1. The molecule has 2 heteroatoms. The van der Waals surface area contributed by atoms with Crippen molar-refractivity contribution in [1.82, 2.24) is 5.32 Å². The Morgan fingerprint density at radius 2 is 2.06 bits per heavy atom. The molecule has 0 aliphatic carbocycles. The molecule has 1 aromatic rings. The van der Waals surface area contributed by atoms with Gasteiger partial charge in [-0.3, -0.25) is 0 Å². The number of aryl methyl sites for hydroxylation is 1. The Balaban J connectivity index is 2.02. The van der Waals surface area contributed by atoms with Crippen LogP contribution in [0.5, 0.6) is 0 Å². The first-order chi connectivity index (χ1) is 8.81. The van der Waals surface area contributed by atoms with Crippen LogP contribution in [0.3, 0.4) is 0 Å². The standard InChI is InChI=1S/C16H26N2/c1-3-18(16-11-7-6-9-14(16)2)13-15-10-5-4-8-12-17-15/h6-7,9,11,15,17H,3-5,8,10,12-13H2,1-2H3. The van der Waals surface area contributed by atoms with Gasteiger partial charge in [-0.15, -0.1) is 0 Å². The van der Waals surface area contributed by atoms with Crippen LogP contribution in [0, 0.1) is 6.92 Å². The molecule has 2 nitrogen and oxygen atoms in total. The van der Waals surface area contributed by atoms with Gasteiger partial charge in [0.1, 0.15) is 0 Å². The molecular formula is C16H26N2. The third kappa shape index (κ3) is 3.49. The number of hydrogen-bond donors (Lipinski definition) is 1. The van der Waals surface area contributed by atoms with Crippen LogP contribution in [-0.4, -0.2) is 25.7 Å². The van der Waals surface area contributed by atoms with Crippen molar-refractivity contribution in [2.45, 2.75) is 45.6 Å². The van der Waals surface area contributed by atoms with Gasteiger partial charge in [-0.25, -0.2) is 0 Å². The van der Waals surface area contributed by atoms with Gasteiger partial charge in [0.2, 0.25) is 0 Å². The van der Waals surface area contributed by atoms with E-state index >= 15 is 0 Å². The minimum atomic E-state index is 0.659. The molecule has 100 valence electrons. The molecule has 1 aliphatic rings. The first-order valence-corrected chi connectivity index (χ1v) is 7.35. The summed E-state index contributed by atoms with van der Waals surface area (Å²) in [6.07, 6.45) is 5.43. The minimum Gasteiger partial charge on any atom is -0.370 e. The Hall–Kier alpha value is -1.02. The summed E-state index contributed by atoms with van der Waals surface area (Å²) in [5.74, 6) is 0. The molecule has 1 saturated heterocycles. The summed E-state index contributed by atoms with van der Waals surface area (Å²) in [6.45, 7) is 7.88. The molecule has 0 saturated carbocycles. The normalized spacial score (nSPS) is 20.4. The molecule has 1 fully saturated rings. The lowest BCUT2D eigenvalue weighted by molar-refractivity contribution is 0.502. The van der Waals surface area contributed by atoms with Crippen LogP contribution in [0.4, 0.5) is 5.69 Å². The molecule has 0 aromatic heterocycles. The molecule has 1 unspecified atom stereocenters. The van der Waals surface area contributed by atoms with Crippen molar-refractivity contribution in [1.29, 1.82) is 0 Å². The van der Waals surface area contributed by atoms with E-state index in [1.807, 2.05) is 0 Å². The highest BCUT2D eigenvalue weighted by molar-refractivity contribution is 5.52. The Bertz CT molecular complexity index is 354. The predicted octanol–water partition coefficient (Wildman–Crippen LogP) is 3.35. The Morgan fingerprint density at radius 1 is 1.22 bits per heavy atom. The average molecular weight is 246 g/mol. The summed E-state index contributed by atoms with van der Waals surface area (Å²) in [5.41, 5.74) is 2.78. The highest BCUT2D eigenvalue weighted by Crippen LogP contribution is 2.20. The quantitative estimate of drug-likeness (QED) is 0.876. The van der Waals surface area contributed by atoms with Crippen molar-refractivity contribution in [3.05, 3.63) is 29.8 Å². The van der Waals surface area contributed by atoms with Crippen LogP contribution < -0.4 is 10.2 Å². The van der Waals surface area contributed by atoms with Crippen molar-refractivity contribution >= 4 is 5.69 Å². The summed E-state index contributed by atoms with van der Waals surface area (Å²) >= 11 is 0. The summed E-state index contributed by atoms with van der Waals surface area (Å²) in [7, 11) is 0. The van der Waals surface area contributed by atoms with Crippen LogP contribution in [0.1, 0.15) is 38.2 Å². The zero-order valence-corrected chi connectivity index (χ0v) is 11.8. The number of anilines is 1. The number of rotatable bonds is 4. The van der Waals surface area contributed by atoms with Crippen LogP contribution in [-0.2, 0) is 0 Å². The Morgan fingerprint density at radius 3 is 2.83 bits per heavy atom. The first-order valence-electron chi connectivity index (χ1n) is 7.35. The smallest absolute Gasteiger partial charge is 0.0396 e. The van der Waals surface area contributed by atoms with Gasteiger partial charge in [0.15, 0.2) is 0 Å². The van der Waals surface area contributed by atoms with Gasteiger partial charge < -0.3 is 10.2 Å². The summed E-state index contributed by atoms with van der Waals surface area (Å²) in [4.78, 5) is 2.51. The van der Waals surface area contributed by atoms with Crippen molar-refractivity contribution in [2.24, 2.45) is 0 Å². The van der Waals surface area contributed by atoms with Crippen LogP contribution >= 0.6 is 0 Å². The van der Waals surface area contributed by atoms with Crippen molar-refractivity contribution in [3.8, 4) is 0 Å². The second kappa shape index (κ2) is 6.79. The zero-order valence-electron chi connectivity index (χ0n) is 11.8. The van der Waals surface area contributed by atoms with Gasteiger partial charge in [-0.1, -0.05) is 31.0 Å². The molecule has 0 spiro atoms. The number of nitrogens with zero attached hydrogens (tertiary/aromatic N) is 1. The Kier molecular flexibility index (Phi) is 5.06. The second-order valence-corrected chi connectivity index (χ2v) is 5.33. The fourth-order valence-corrected chi connectivity index (χ4v) is 2.84. The van der Waals surface area contributed by atoms with Crippen molar-refractivity contribution in [3.63, 3.8) is 0 Å². The molecule has 1 atom stereocenters. The molecule has 1 N–H and O–H groups in total. The third-order valence-corrected chi connectivity index (χ3v) is 3.94. The minimum absolute atomic E-state index is 0.659. The maximum absolute atomic E-state index is 3.69. The molecule has 1 aromatic carbocycles. The van der Waals surface area contributed by atoms with E-state index < -0.39 is 0 Å². The van der Waals surface area contributed by atoms with Crippen molar-refractivity contribution in [2.75, 3.05) is 24.5 Å². The third-order valence-electron chi connectivity index (χ3n) is 3.94. The maximum Gasteiger partial charge on any atom is 0.0396 e. The van der Waals surface area contributed by atoms with Gasteiger partial charge in [0, 0.05) is 24.8 Å². The SMILES string of the molecule is CCN(CC1CCCCCN1)c1ccccc1C. The molecule has 1 aliphatic heterocycles. The fourth-order valence-electron chi connectivity index (χ4n) is 2.84. The van der Waals surface area contributed by atoms with E-state index in [9.17, 15) is 0 Å². The number of hydrogen-bond acceptors (Lipinski definition) is 2. The van der Waals surface area contributed by atoms with Gasteiger partial charge in [0.05, 0.1) is 0 Å². The van der Waals surface area contributed by atoms with Crippen LogP contribution in [0.15, 0.2) is 24.3 Å². The number of benzene rings is 1. The summed E-state index contributed by atoms with van der Waals surface area (Å²) in [6, 6.07) is 9.38. The Labute approximate surface area is 111 Å². The van der Waals surface area contributed by atoms with E-state index in [1.54, 1.807) is 0 Å². The lowest BCUT2D eigenvalue weighted by Gasteiger charge is -2.29. The maximum atomic E-state index is 3.69. The molecular weight excluding hydrogens is 220 g/mol. The molecule has 2 rings (SSSR count). The zero-order chi connectivity index (χ0) is 12.8. The van der Waals surface area contributed by atoms with E-state index in [4.69, 9.17) is 0 Å².